The fourth-order valence-corrected chi connectivity index (χ4v) is 2.46. The molecule has 0 spiro atoms. The van der Waals surface area contributed by atoms with E-state index in [0.29, 0.717) is 12.4 Å². The molecule has 1 aromatic carbocycles. The van der Waals surface area contributed by atoms with Crippen LogP contribution in [0.5, 0.6) is 0 Å². The first-order valence-corrected chi connectivity index (χ1v) is 8.50. The van der Waals surface area contributed by atoms with E-state index in [4.69, 9.17) is 4.52 Å². The molecule has 0 unspecified atom stereocenters. The fraction of sp³-hybridized carbons (Fsp3) is 0.500. The highest BCUT2D eigenvalue weighted by molar-refractivity contribution is 5.92. The zero-order valence-electron chi connectivity index (χ0n) is 14.7. The Kier molecular flexibility index (Phi) is 6.93. The molecule has 6 heteroatoms. The Morgan fingerprint density at radius 1 is 1.29 bits per heavy atom. The molecule has 2 rings (SSSR count). The van der Waals surface area contributed by atoms with Crippen LogP contribution >= 0.6 is 0 Å². The number of likely N-dealkylation sites (N-methyl/N-ethyl adjacent to an activating group) is 1. The highest BCUT2D eigenvalue weighted by atomic mass is 16.5. The predicted molar refractivity (Wildman–Crippen MR) is 93.7 cm³/mol. The van der Waals surface area contributed by atoms with Crippen molar-refractivity contribution in [3.63, 3.8) is 0 Å². The van der Waals surface area contributed by atoms with Crippen LogP contribution in [0.25, 0.3) is 0 Å². The second-order valence-electron chi connectivity index (χ2n) is 5.94. The number of benzene rings is 1. The first-order valence-electron chi connectivity index (χ1n) is 8.50. The van der Waals surface area contributed by atoms with Crippen molar-refractivity contribution in [2.45, 2.75) is 46.1 Å². The molecule has 0 bridgehead atoms. The highest BCUT2D eigenvalue weighted by Crippen LogP contribution is 2.15. The van der Waals surface area contributed by atoms with E-state index in [1.807, 2.05) is 36.2 Å². The second-order valence-corrected chi connectivity index (χ2v) is 5.94. The van der Waals surface area contributed by atoms with Gasteiger partial charge >= 0.3 is 0 Å². The van der Waals surface area contributed by atoms with E-state index in [9.17, 15) is 4.79 Å². The second kappa shape index (κ2) is 9.17. The Morgan fingerprint density at radius 3 is 2.83 bits per heavy atom. The topological polar surface area (TPSA) is 71.3 Å². The molecule has 0 atom stereocenters. The van der Waals surface area contributed by atoms with Crippen molar-refractivity contribution in [2.75, 3.05) is 18.9 Å². The molecule has 24 heavy (non-hydrogen) atoms. The van der Waals surface area contributed by atoms with Crippen molar-refractivity contribution in [2.24, 2.45) is 0 Å². The standard InChI is InChI=1S/C18H26N4O2/c1-4-6-11-16-20-18(24-21-16)13-22(3)12-17(23)19-15-10-8-7-9-14(15)5-2/h7-10H,4-6,11-13H2,1-3H3,(H,19,23). The van der Waals surface area contributed by atoms with Gasteiger partial charge < -0.3 is 9.84 Å². The summed E-state index contributed by atoms with van der Waals surface area (Å²) in [5.74, 6) is 1.23. The van der Waals surface area contributed by atoms with Crippen LogP contribution in [0, 0.1) is 0 Å². The zero-order valence-corrected chi connectivity index (χ0v) is 14.7. The van der Waals surface area contributed by atoms with Crippen LogP contribution in [-0.2, 0) is 24.2 Å². The third kappa shape index (κ3) is 5.45. The largest absolute Gasteiger partial charge is 0.338 e. The average Bonchev–Trinajstić information content (AvgIpc) is 3.00. The molecule has 0 fully saturated rings. The molecule has 0 aliphatic carbocycles. The summed E-state index contributed by atoms with van der Waals surface area (Å²) in [5, 5.41) is 6.93. The molecular formula is C18H26N4O2. The molecule has 1 N–H and O–H groups in total. The smallest absolute Gasteiger partial charge is 0.240 e. The van der Waals surface area contributed by atoms with Gasteiger partial charge in [-0.25, -0.2) is 0 Å². The Bertz CT molecular complexity index is 654. The Hall–Kier alpha value is -2.21. The Morgan fingerprint density at radius 2 is 2.08 bits per heavy atom. The molecular weight excluding hydrogens is 304 g/mol. The molecule has 1 amide bonds. The van der Waals surface area contributed by atoms with Gasteiger partial charge in [0, 0.05) is 12.1 Å². The van der Waals surface area contributed by atoms with Gasteiger partial charge in [-0.3, -0.25) is 9.69 Å². The molecule has 1 heterocycles. The lowest BCUT2D eigenvalue weighted by molar-refractivity contribution is -0.117. The number of hydrogen-bond donors (Lipinski definition) is 1. The van der Waals surface area contributed by atoms with Crippen molar-refractivity contribution in [3.05, 3.63) is 41.5 Å². The van der Waals surface area contributed by atoms with Gasteiger partial charge in [0.1, 0.15) is 0 Å². The number of nitrogens with zero attached hydrogens (tertiary/aromatic N) is 3. The van der Waals surface area contributed by atoms with Gasteiger partial charge in [0.2, 0.25) is 11.8 Å². The summed E-state index contributed by atoms with van der Waals surface area (Å²) in [6.45, 7) is 4.93. The van der Waals surface area contributed by atoms with Crippen LogP contribution in [0.15, 0.2) is 28.8 Å². The van der Waals surface area contributed by atoms with E-state index in [0.717, 1.165) is 42.8 Å². The van der Waals surface area contributed by atoms with Crippen LogP contribution in [-0.4, -0.2) is 34.5 Å². The summed E-state index contributed by atoms with van der Waals surface area (Å²) in [6, 6.07) is 7.85. The number of aryl methyl sites for hydroxylation is 2. The van der Waals surface area contributed by atoms with Crippen molar-refractivity contribution in [1.29, 1.82) is 0 Å². The van der Waals surface area contributed by atoms with Crippen LogP contribution in [0.4, 0.5) is 5.69 Å². The van der Waals surface area contributed by atoms with Crippen LogP contribution in [0.3, 0.4) is 0 Å². The van der Waals surface area contributed by atoms with Gasteiger partial charge in [0.05, 0.1) is 13.1 Å². The van der Waals surface area contributed by atoms with Gasteiger partial charge in [-0.15, -0.1) is 0 Å². The molecule has 130 valence electrons. The van der Waals surface area contributed by atoms with Crippen molar-refractivity contribution < 1.29 is 9.32 Å². The van der Waals surface area contributed by atoms with Gasteiger partial charge in [0.25, 0.3) is 0 Å². The molecule has 2 aromatic rings. The minimum Gasteiger partial charge on any atom is -0.338 e. The molecule has 6 nitrogen and oxygen atoms in total. The van der Waals surface area contributed by atoms with Crippen molar-refractivity contribution >= 4 is 11.6 Å². The monoisotopic (exact) mass is 330 g/mol. The van der Waals surface area contributed by atoms with Gasteiger partial charge in [0.15, 0.2) is 5.82 Å². The average molecular weight is 330 g/mol. The molecule has 0 saturated carbocycles. The van der Waals surface area contributed by atoms with E-state index in [2.05, 4.69) is 29.3 Å². The lowest BCUT2D eigenvalue weighted by Crippen LogP contribution is -2.30. The molecule has 0 radical (unpaired) electrons. The summed E-state index contributed by atoms with van der Waals surface area (Å²) in [7, 11) is 1.86. The quantitative estimate of drug-likeness (QED) is 0.765. The van der Waals surface area contributed by atoms with Gasteiger partial charge in [-0.2, -0.15) is 4.98 Å². The highest BCUT2D eigenvalue weighted by Gasteiger charge is 2.13. The number of aromatic nitrogens is 2. The Balaban J connectivity index is 1.84. The molecule has 1 aromatic heterocycles. The SMILES string of the molecule is CCCCc1noc(CN(C)CC(=O)Nc2ccccc2CC)n1. The Labute approximate surface area is 143 Å². The van der Waals surface area contributed by atoms with Crippen LogP contribution in [0.2, 0.25) is 0 Å². The maximum absolute atomic E-state index is 12.2. The number of hydrogen-bond acceptors (Lipinski definition) is 5. The molecule has 0 aliphatic heterocycles. The number of rotatable bonds is 9. The first kappa shape index (κ1) is 18.1. The number of carbonyl (C=O) groups is 1. The zero-order chi connectivity index (χ0) is 17.4. The number of carbonyl (C=O) groups excluding carboxylic acids is 1. The van der Waals surface area contributed by atoms with E-state index in [1.165, 1.54) is 0 Å². The van der Waals surface area contributed by atoms with Gasteiger partial charge in [-0.05, 0) is 31.5 Å². The number of unbranched alkanes of at least 4 members (excludes halogenated alkanes) is 1. The normalized spacial score (nSPS) is 11.0. The predicted octanol–water partition coefficient (Wildman–Crippen LogP) is 3.05. The summed E-state index contributed by atoms with van der Waals surface area (Å²) in [6.07, 6.45) is 3.87. The number of amides is 1. The summed E-state index contributed by atoms with van der Waals surface area (Å²) < 4.78 is 5.23. The van der Waals surface area contributed by atoms with Crippen molar-refractivity contribution in [3.8, 4) is 0 Å². The molecule has 0 aliphatic rings. The van der Waals surface area contributed by atoms with Crippen LogP contribution in [0.1, 0.15) is 44.0 Å². The number of para-hydroxylation sites is 1. The minimum atomic E-state index is -0.0517. The fourth-order valence-electron chi connectivity index (χ4n) is 2.46. The minimum absolute atomic E-state index is 0.0517. The summed E-state index contributed by atoms with van der Waals surface area (Å²) in [4.78, 5) is 18.4. The van der Waals surface area contributed by atoms with E-state index in [-0.39, 0.29) is 12.5 Å². The van der Waals surface area contributed by atoms with E-state index < -0.39 is 0 Å². The summed E-state index contributed by atoms with van der Waals surface area (Å²) in [5.41, 5.74) is 2.00. The number of anilines is 1. The maximum Gasteiger partial charge on any atom is 0.240 e. The lowest BCUT2D eigenvalue weighted by atomic mass is 10.1. The van der Waals surface area contributed by atoms with E-state index in [1.54, 1.807) is 0 Å². The summed E-state index contributed by atoms with van der Waals surface area (Å²) >= 11 is 0. The third-order valence-electron chi connectivity index (χ3n) is 3.76. The third-order valence-corrected chi connectivity index (χ3v) is 3.76. The van der Waals surface area contributed by atoms with Gasteiger partial charge in [-0.1, -0.05) is 43.6 Å². The molecule has 0 saturated heterocycles. The first-order chi connectivity index (χ1) is 11.6. The lowest BCUT2D eigenvalue weighted by Gasteiger charge is -2.15. The van der Waals surface area contributed by atoms with E-state index >= 15 is 0 Å². The number of nitrogens with one attached hydrogen (secondary N) is 1. The van der Waals surface area contributed by atoms with Crippen molar-refractivity contribution in [1.82, 2.24) is 15.0 Å². The maximum atomic E-state index is 12.2. The van der Waals surface area contributed by atoms with Crippen LogP contribution < -0.4 is 5.32 Å².